The standard InChI is InChI=1S/C11H17N3O2/c1-2-14(7-3-5-12)11(16)9-8-13-6-4-10(9)15/h4,6,8H,2-3,5,7,12H2,1H3,(H,13,15). The van der Waals surface area contributed by atoms with Crippen molar-refractivity contribution < 1.29 is 4.79 Å². The first kappa shape index (κ1) is 12.4. The molecule has 5 nitrogen and oxygen atoms in total. The molecule has 0 aromatic carbocycles. The van der Waals surface area contributed by atoms with E-state index in [0.29, 0.717) is 19.6 Å². The van der Waals surface area contributed by atoms with E-state index in [1.807, 2.05) is 6.92 Å². The molecule has 1 amide bonds. The third kappa shape index (κ3) is 2.93. The summed E-state index contributed by atoms with van der Waals surface area (Å²) < 4.78 is 0. The summed E-state index contributed by atoms with van der Waals surface area (Å²) in [5.41, 5.74) is 5.32. The molecule has 1 aromatic rings. The number of pyridine rings is 1. The largest absolute Gasteiger partial charge is 0.367 e. The van der Waals surface area contributed by atoms with Crippen LogP contribution in [0.15, 0.2) is 23.3 Å². The normalized spacial score (nSPS) is 10.1. The molecular formula is C11H17N3O2. The third-order valence-electron chi connectivity index (χ3n) is 2.36. The molecule has 0 unspecified atom stereocenters. The first-order valence-corrected chi connectivity index (χ1v) is 5.37. The Labute approximate surface area is 94.3 Å². The Morgan fingerprint density at radius 2 is 2.31 bits per heavy atom. The lowest BCUT2D eigenvalue weighted by atomic mass is 10.2. The number of amides is 1. The zero-order valence-electron chi connectivity index (χ0n) is 9.40. The fourth-order valence-corrected chi connectivity index (χ4v) is 1.44. The summed E-state index contributed by atoms with van der Waals surface area (Å²) in [7, 11) is 0. The van der Waals surface area contributed by atoms with Gasteiger partial charge in [-0.3, -0.25) is 9.59 Å². The minimum Gasteiger partial charge on any atom is -0.367 e. The predicted molar refractivity (Wildman–Crippen MR) is 62.3 cm³/mol. The molecule has 88 valence electrons. The smallest absolute Gasteiger partial charge is 0.259 e. The lowest BCUT2D eigenvalue weighted by Crippen LogP contribution is -2.35. The Bertz CT molecular complexity index is 400. The van der Waals surface area contributed by atoms with E-state index < -0.39 is 0 Å². The van der Waals surface area contributed by atoms with Crippen molar-refractivity contribution >= 4 is 5.91 Å². The summed E-state index contributed by atoms with van der Waals surface area (Å²) in [6, 6.07) is 1.35. The summed E-state index contributed by atoms with van der Waals surface area (Å²) in [6.07, 6.45) is 3.69. The molecule has 0 atom stereocenters. The molecule has 3 N–H and O–H groups in total. The molecule has 1 aromatic heterocycles. The van der Waals surface area contributed by atoms with Crippen molar-refractivity contribution in [3.8, 4) is 0 Å². The average Bonchev–Trinajstić information content (AvgIpc) is 2.30. The van der Waals surface area contributed by atoms with Crippen molar-refractivity contribution in [3.63, 3.8) is 0 Å². The van der Waals surface area contributed by atoms with E-state index in [9.17, 15) is 9.59 Å². The summed E-state index contributed by atoms with van der Waals surface area (Å²) in [4.78, 5) is 27.8. The Morgan fingerprint density at radius 3 is 2.88 bits per heavy atom. The van der Waals surface area contributed by atoms with Gasteiger partial charge in [-0.15, -0.1) is 0 Å². The highest BCUT2D eigenvalue weighted by molar-refractivity contribution is 5.93. The molecule has 0 spiro atoms. The van der Waals surface area contributed by atoms with Gasteiger partial charge in [0.2, 0.25) is 0 Å². The van der Waals surface area contributed by atoms with Crippen LogP contribution in [0.2, 0.25) is 0 Å². The zero-order chi connectivity index (χ0) is 12.0. The number of aromatic nitrogens is 1. The van der Waals surface area contributed by atoms with Crippen LogP contribution in [0.1, 0.15) is 23.7 Å². The number of hydrogen-bond acceptors (Lipinski definition) is 3. The van der Waals surface area contributed by atoms with Gasteiger partial charge in [0.15, 0.2) is 5.43 Å². The van der Waals surface area contributed by atoms with Gasteiger partial charge in [0.25, 0.3) is 5.91 Å². The van der Waals surface area contributed by atoms with Crippen molar-refractivity contribution in [1.82, 2.24) is 9.88 Å². The minimum absolute atomic E-state index is 0.182. The maximum absolute atomic E-state index is 12.0. The van der Waals surface area contributed by atoms with Gasteiger partial charge in [-0.05, 0) is 19.9 Å². The Kier molecular flexibility index (Phi) is 4.72. The van der Waals surface area contributed by atoms with E-state index in [2.05, 4.69) is 4.98 Å². The molecule has 0 radical (unpaired) electrons. The predicted octanol–water partition coefficient (Wildman–Crippen LogP) is 0.186. The van der Waals surface area contributed by atoms with Crippen LogP contribution in [0.5, 0.6) is 0 Å². The second-order valence-electron chi connectivity index (χ2n) is 3.45. The molecule has 1 rings (SSSR count). The van der Waals surface area contributed by atoms with Gasteiger partial charge in [0.1, 0.15) is 5.56 Å². The number of rotatable bonds is 5. The number of aromatic amines is 1. The van der Waals surface area contributed by atoms with Crippen LogP contribution in [0, 0.1) is 0 Å². The molecule has 0 aliphatic rings. The molecule has 5 heteroatoms. The maximum Gasteiger partial charge on any atom is 0.259 e. The summed E-state index contributed by atoms with van der Waals surface area (Å²) in [6.45, 7) is 3.58. The lowest BCUT2D eigenvalue weighted by molar-refractivity contribution is 0.0762. The number of nitrogens with zero attached hydrogens (tertiary/aromatic N) is 1. The number of H-pyrrole nitrogens is 1. The fourth-order valence-electron chi connectivity index (χ4n) is 1.44. The zero-order valence-corrected chi connectivity index (χ0v) is 9.40. The number of nitrogens with two attached hydrogens (primary N) is 1. The number of carbonyl (C=O) groups excluding carboxylic acids is 1. The molecule has 0 aliphatic heterocycles. The number of nitrogens with one attached hydrogen (secondary N) is 1. The highest BCUT2D eigenvalue weighted by Gasteiger charge is 2.15. The van der Waals surface area contributed by atoms with Crippen molar-refractivity contribution in [3.05, 3.63) is 34.2 Å². The molecular weight excluding hydrogens is 206 g/mol. The van der Waals surface area contributed by atoms with Gasteiger partial charge < -0.3 is 15.6 Å². The molecule has 0 saturated heterocycles. The number of carbonyl (C=O) groups is 1. The molecule has 0 aliphatic carbocycles. The molecule has 1 heterocycles. The van der Waals surface area contributed by atoms with Crippen molar-refractivity contribution in [2.45, 2.75) is 13.3 Å². The van der Waals surface area contributed by atoms with Crippen LogP contribution in [0.4, 0.5) is 0 Å². The van der Waals surface area contributed by atoms with E-state index >= 15 is 0 Å². The van der Waals surface area contributed by atoms with Crippen LogP contribution in [0.25, 0.3) is 0 Å². The minimum atomic E-state index is -0.255. The highest BCUT2D eigenvalue weighted by Crippen LogP contribution is 1.99. The van der Waals surface area contributed by atoms with E-state index in [0.717, 1.165) is 6.42 Å². The van der Waals surface area contributed by atoms with Gasteiger partial charge in [0, 0.05) is 31.5 Å². The van der Waals surface area contributed by atoms with Crippen LogP contribution >= 0.6 is 0 Å². The SMILES string of the molecule is CCN(CCCN)C(=O)c1c[nH]ccc1=O. The Morgan fingerprint density at radius 1 is 1.56 bits per heavy atom. The van der Waals surface area contributed by atoms with E-state index in [4.69, 9.17) is 5.73 Å². The first-order chi connectivity index (χ1) is 7.70. The topological polar surface area (TPSA) is 79.2 Å². The Hall–Kier alpha value is -1.62. The van der Waals surface area contributed by atoms with Crippen LogP contribution in [0.3, 0.4) is 0 Å². The number of hydrogen-bond donors (Lipinski definition) is 2. The van der Waals surface area contributed by atoms with Crippen LogP contribution in [-0.2, 0) is 0 Å². The van der Waals surface area contributed by atoms with Gasteiger partial charge in [-0.25, -0.2) is 0 Å². The lowest BCUT2D eigenvalue weighted by Gasteiger charge is -2.19. The van der Waals surface area contributed by atoms with Crippen molar-refractivity contribution in [2.24, 2.45) is 5.73 Å². The van der Waals surface area contributed by atoms with E-state index in [1.165, 1.54) is 18.5 Å². The average molecular weight is 223 g/mol. The van der Waals surface area contributed by atoms with E-state index in [-0.39, 0.29) is 16.9 Å². The summed E-state index contributed by atoms with van der Waals surface area (Å²) in [5, 5.41) is 0. The summed E-state index contributed by atoms with van der Waals surface area (Å²) in [5.74, 6) is -0.238. The van der Waals surface area contributed by atoms with Crippen LogP contribution < -0.4 is 11.2 Å². The molecule has 0 fully saturated rings. The molecule has 16 heavy (non-hydrogen) atoms. The molecule has 0 bridgehead atoms. The van der Waals surface area contributed by atoms with Crippen molar-refractivity contribution in [1.29, 1.82) is 0 Å². The van der Waals surface area contributed by atoms with E-state index in [1.54, 1.807) is 4.90 Å². The Balaban J connectivity index is 2.83. The maximum atomic E-state index is 12.0. The van der Waals surface area contributed by atoms with Crippen LogP contribution in [-0.4, -0.2) is 35.4 Å². The quantitative estimate of drug-likeness (QED) is 0.747. The van der Waals surface area contributed by atoms with Gasteiger partial charge in [-0.1, -0.05) is 0 Å². The first-order valence-electron chi connectivity index (χ1n) is 5.37. The highest BCUT2D eigenvalue weighted by atomic mass is 16.2. The van der Waals surface area contributed by atoms with Gasteiger partial charge in [0.05, 0.1) is 0 Å². The second kappa shape index (κ2) is 6.07. The fraction of sp³-hybridized carbons (Fsp3) is 0.455. The van der Waals surface area contributed by atoms with Gasteiger partial charge >= 0.3 is 0 Å². The molecule has 0 saturated carbocycles. The second-order valence-corrected chi connectivity index (χ2v) is 3.45. The third-order valence-corrected chi connectivity index (χ3v) is 2.36. The summed E-state index contributed by atoms with van der Waals surface area (Å²) >= 11 is 0. The van der Waals surface area contributed by atoms with Gasteiger partial charge in [-0.2, -0.15) is 0 Å². The van der Waals surface area contributed by atoms with Crippen molar-refractivity contribution in [2.75, 3.05) is 19.6 Å². The monoisotopic (exact) mass is 223 g/mol.